The minimum Gasteiger partial charge on any atom is -0.368 e. The van der Waals surface area contributed by atoms with Crippen LogP contribution in [-0.2, 0) is 6.42 Å². The topological polar surface area (TPSA) is 19.4 Å². The van der Waals surface area contributed by atoms with Crippen molar-refractivity contribution in [1.82, 2.24) is 9.88 Å². The van der Waals surface area contributed by atoms with Crippen molar-refractivity contribution in [3.8, 4) is 0 Å². The highest BCUT2D eigenvalue weighted by molar-refractivity contribution is 5.91. The quantitative estimate of drug-likeness (QED) is 0.618. The maximum atomic E-state index is 4.49. The second-order valence-corrected chi connectivity index (χ2v) is 7.12. The van der Waals surface area contributed by atoms with Crippen LogP contribution in [0.5, 0.6) is 0 Å². The van der Waals surface area contributed by atoms with E-state index < -0.39 is 0 Å². The molecule has 3 heteroatoms. The molecule has 0 saturated carbocycles. The lowest BCUT2D eigenvalue weighted by Gasteiger charge is -2.36. The number of fused-ring (bicyclic) bond motifs is 1. The molecule has 134 valence electrons. The Morgan fingerprint density at radius 2 is 1.62 bits per heavy atom. The Labute approximate surface area is 156 Å². The van der Waals surface area contributed by atoms with E-state index in [-0.39, 0.29) is 0 Å². The highest BCUT2D eigenvalue weighted by Crippen LogP contribution is 2.26. The van der Waals surface area contributed by atoms with Crippen molar-refractivity contribution in [2.45, 2.75) is 19.3 Å². The van der Waals surface area contributed by atoms with Gasteiger partial charge in [-0.1, -0.05) is 36.4 Å². The molecular weight excluding hydrogens is 318 g/mol. The minimum atomic E-state index is 1.09. The van der Waals surface area contributed by atoms with Crippen LogP contribution in [0, 0.1) is 0 Å². The smallest absolute Gasteiger partial charge is 0.0722 e. The second kappa shape index (κ2) is 8.33. The van der Waals surface area contributed by atoms with Crippen molar-refractivity contribution in [1.29, 1.82) is 0 Å². The standard InChI is InChI=1S/C23H27N3/c1-2-8-20(9-3-1)10-4-5-15-25-16-18-26(19-17-25)23-13-6-12-22-21(23)11-7-14-24-22/h1-3,6-9,11-14H,4-5,10,15-19H2. The zero-order valence-corrected chi connectivity index (χ0v) is 15.3. The van der Waals surface area contributed by atoms with Crippen molar-refractivity contribution >= 4 is 16.6 Å². The molecule has 0 aliphatic carbocycles. The molecule has 1 fully saturated rings. The predicted molar refractivity (Wildman–Crippen MR) is 110 cm³/mol. The zero-order chi connectivity index (χ0) is 17.6. The summed E-state index contributed by atoms with van der Waals surface area (Å²) in [5.41, 5.74) is 3.88. The molecule has 3 aromatic rings. The molecule has 0 atom stereocenters. The van der Waals surface area contributed by atoms with Gasteiger partial charge in [-0.15, -0.1) is 0 Å². The summed E-state index contributed by atoms with van der Waals surface area (Å²) in [6.07, 6.45) is 5.63. The van der Waals surface area contributed by atoms with E-state index in [0.29, 0.717) is 0 Å². The summed E-state index contributed by atoms with van der Waals surface area (Å²) in [6, 6.07) is 21.5. The Kier molecular flexibility index (Phi) is 5.46. The van der Waals surface area contributed by atoms with Gasteiger partial charge in [0.1, 0.15) is 0 Å². The van der Waals surface area contributed by atoms with Gasteiger partial charge in [0.25, 0.3) is 0 Å². The molecule has 0 bridgehead atoms. The minimum absolute atomic E-state index is 1.09. The lowest BCUT2D eigenvalue weighted by atomic mass is 10.1. The number of hydrogen-bond donors (Lipinski definition) is 0. The van der Waals surface area contributed by atoms with E-state index in [9.17, 15) is 0 Å². The van der Waals surface area contributed by atoms with Gasteiger partial charge >= 0.3 is 0 Å². The largest absolute Gasteiger partial charge is 0.368 e. The summed E-state index contributed by atoms with van der Waals surface area (Å²) in [4.78, 5) is 9.62. The average molecular weight is 345 g/mol. The Bertz CT molecular complexity index is 818. The van der Waals surface area contributed by atoms with Gasteiger partial charge in [-0.05, 0) is 55.6 Å². The van der Waals surface area contributed by atoms with Crippen LogP contribution >= 0.6 is 0 Å². The van der Waals surface area contributed by atoms with Crippen LogP contribution in [0.25, 0.3) is 10.9 Å². The first-order chi connectivity index (χ1) is 12.9. The van der Waals surface area contributed by atoms with E-state index in [1.165, 1.54) is 42.4 Å². The second-order valence-electron chi connectivity index (χ2n) is 7.12. The third-order valence-corrected chi connectivity index (χ3v) is 5.37. The monoisotopic (exact) mass is 345 g/mol. The van der Waals surface area contributed by atoms with Crippen LogP contribution < -0.4 is 4.90 Å². The Hall–Kier alpha value is -2.39. The molecule has 0 N–H and O–H groups in total. The van der Waals surface area contributed by atoms with Gasteiger partial charge in [-0.2, -0.15) is 0 Å². The molecule has 1 saturated heterocycles. The molecule has 0 radical (unpaired) electrons. The number of aryl methyl sites for hydroxylation is 1. The highest BCUT2D eigenvalue weighted by atomic mass is 15.3. The van der Waals surface area contributed by atoms with E-state index in [0.717, 1.165) is 31.7 Å². The summed E-state index contributed by atoms with van der Waals surface area (Å²) in [5, 5.41) is 1.27. The molecule has 1 aliphatic heterocycles. The van der Waals surface area contributed by atoms with Gasteiger partial charge in [0, 0.05) is 43.4 Å². The first-order valence-corrected chi connectivity index (χ1v) is 9.75. The van der Waals surface area contributed by atoms with Crippen LogP contribution in [0.15, 0.2) is 66.9 Å². The Morgan fingerprint density at radius 1 is 0.769 bits per heavy atom. The molecule has 26 heavy (non-hydrogen) atoms. The van der Waals surface area contributed by atoms with E-state index in [4.69, 9.17) is 0 Å². The summed E-state index contributed by atoms with van der Waals surface area (Å²) in [5.74, 6) is 0. The fraction of sp³-hybridized carbons (Fsp3) is 0.348. The first-order valence-electron chi connectivity index (χ1n) is 9.75. The summed E-state index contributed by atoms with van der Waals surface area (Å²) in [6.45, 7) is 5.74. The maximum Gasteiger partial charge on any atom is 0.0722 e. The summed E-state index contributed by atoms with van der Waals surface area (Å²) < 4.78 is 0. The third kappa shape index (κ3) is 4.05. The van der Waals surface area contributed by atoms with Gasteiger partial charge in [-0.3, -0.25) is 9.88 Å². The number of piperazine rings is 1. The fourth-order valence-electron chi connectivity index (χ4n) is 3.88. The van der Waals surface area contributed by atoms with Crippen molar-refractivity contribution in [2.75, 3.05) is 37.6 Å². The Balaban J connectivity index is 1.26. The molecule has 4 rings (SSSR count). The lowest BCUT2D eigenvalue weighted by molar-refractivity contribution is 0.253. The van der Waals surface area contributed by atoms with E-state index in [2.05, 4.69) is 69.4 Å². The van der Waals surface area contributed by atoms with Crippen LogP contribution in [0.3, 0.4) is 0 Å². The van der Waals surface area contributed by atoms with Crippen LogP contribution in [0.2, 0.25) is 0 Å². The average Bonchev–Trinajstić information content (AvgIpc) is 2.72. The van der Waals surface area contributed by atoms with Gasteiger partial charge in [0.2, 0.25) is 0 Å². The van der Waals surface area contributed by atoms with Crippen molar-refractivity contribution in [2.24, 2.45) is 0 Å². The number of unbranched alkanes of at least 4 members (excludes halogenated alkanes) is 1. The van der Waals surface area contributed by atoms with Gasteiger partial charge in [-0.25, -0.2) is 0 Å². The molecule has 1 aromatic heterocycles. The highest BCUT2D eigenvalue weighted by Gasteiger charge is 2.18. The summed E-state index contributed by atoms with van der Waals surface area (Å²) in [7, 11) is 0. The fourth-order valence-corrected chi connectivity index (χ4v) is 3.88. The number of nitrogens with zero attached hydrogens (tertiary/aromatic N) is 3. The molecule has 0 amide bonds. The van der Waals surface area contributed by atoms with Crippen molar-refractivity contribution in [3.05, 3.63) is 72.4 Å². The normalized spacial score (nSPS) is 15.5. The van der Waals surface area contributed by atoms with E-state index in [1.54, 1.807) is 0 Å². The van der Waals surface area contributed by atoms with Crippen LogP contribution in [-0.4, -0.2) is 42.6 Å². The zero-order valence-electron chi connectivity index (χ0n) is 15.3. The molecule has 2 aromatic carbocycles. The number of hydrogen-bond acceptors (Lipinski definition) is 3. The lowest BCUT2D eigenvalue weighted by Crippen LogP contribution is -2.46. The molecule has 3 nitrogen and oxygen atoms in total. The van der Waals surface area contributed by atoms with Crippen LogP contribution in [0.4, 0.5) is 5.69 Å². The molecule has 1 aliphatic rings. The molecular formula is C23H27N3. The van der Waals surface area contributed by atoms with E-state index >= 15 is 0 Å². The first kappa shape index (κ1) is 17.0. The van der Waals surface area contributed by atoms with Crippen LogP contribution in [0.1, 0.15) is 18.4 Å². The molecule has 2 heterocycles. The van der Waals surface area contributed by atoms with Crippen molar-refractivity contribution in [3.63, 3.8) is 0 Å². The summed E-state index contributed by atoms with van der Waals surface area (Å²) >= 11 is 0. The number of benzene rings is 2. The number of anilines is 1. The number of aromatic nitrogens is 1. The predicted octanol–water partition coefficient (Wildman–Crippen LogP) is 4.38. The van der Waals surface area contributed by atoms with Crippen molar-refractivity contribution < 1.29 is 0 Å². The van der Waals surface area contributed by atoms with Gasteiger partial charge < -0.3 is 4.90 Å². The number of pyridine rings is 1. The third-order valence-electron chi connectivity index (χ3n) is 5.37. The number of rotatable bonds is 6. The van der Waals surface area contributed by atoms with E-state index in [1.807, 2.05) is 12.3 Å². The van der Waals surface area contributed by atoms with Gasteiger partial charge in [0.15, 0.2) is 0 Å². The maximum absolute atomic E-state index is 4.49. The molecule has 0 unspecified atom stereocenters. The molecule has 0 spiro atoms. The Morgan fingerprint density at radius 3 is 2.46 bits per heavy atom. The van der Waals surface area contributed by atoms with Gasteiger partial charge in [0.05, 0.1) is 5.52 Å². The SMILES string of the molecule is c1ccc(CCCCN2CCN(c3cccc4ncccc34)CC2)cc1.